The Kier molecular flexibility index (Phi) is 6.61. The number of hydrogen-bond donors (Lipinski definition) is 3. The second kappa shape index (κ2) is 9.76. The van der Waals surface area contributed by atoms with E-state index in [4.69, 9.17) is 22.1 Å². The van der Waals surface area contributed by atoms with Gasteiger partial charge in [-0.05, 0) is 30.3 Å². The number of fused-ring (bicyclic) bond motifs is 1. The van der Waals surface area contributed by atoms with Crippen LogP contribution in [0.25, 0.3) is 10.1 Å². The minimum Gasteiger partial charge on any atom is -0.456 e. The Labute approximate surface area is 195 Å². The number of halogens is 2. The number of hydrogen-bond acceptors (Lipinski definition) is 9. The lowest BCUT2D eigenvalue weighted by molar-refractivity contribution is -0.143. The molecule has 12 heteroatoms. The summed E-state index contributed by atoms with van der Waals surface area (Å²) in [6.07, 6.45) is 0. The molecule has 4 N–H and O–H groups in total. The van der Waals surface area contributed by atoms with E-state index in [-0.39, 0.29) is 36.7 Å². The molecular weight excluding hydrogens is 471 g/mol. The van der Waals surface area contributed by atoms with Gasteiger partial charge in [0.1, 0.15) is 17.2 Å². The Hall–Kier alpha value is -3.83. The van der Waals surface area contributed by atoms with E-state index in [1.165, 1.54) is 35.6 Å². The highest BCUT2D eigenvalue weighted by molar-refractivity contribution is 7.21. The molecule has 4 rings (SSSR count). The van der Waals surface area contributed by atoms with Gasteiger partial charge in [-0.3, -0.25) is 9.59 Å². The summed E-state index contributed by atoms with van der Waals surface area (Å²) in [5, 5.41) is 6.45. The Balaban J connectivity index is 1.32. The average Bonchev–Trinajstić information content (AvgIpc) is 3.14. The summed E-state index contributed by atoms with van der Waals surface area (Å²) < 4.78 is 19.0. The summed E-state index contributed by atoms with van der Waals surface area (Å²) in [4.78, 5) is 36.8. The molecule has 0 aliphatic rings. The van der Waals surface area contributed by atoms with Crippen molar-refractivity contribution in [3.05, 3.63) is 70.1 Å². The fourth-order valence-corrected chi connectivity index (χ4v) is 4.24. The molecule has 4 aromatic rings. The van der Waals surface area contributed by atoms with Gasteiger partial charge in [-0.1, -0.05) is 29.8 Å². The topological polar surface area (TPSA) is 132 Å². The summed E-state index contributed by atoms with van der Waals surface area (Å²) >= 11 is 7.51. The third-order valence-corrected chi connectivity index (χ3v) is 5.97. The lowest BCUT2D eigenvalue weighted by Crippen LogP contribution is -2.30. The van der Waals surface area contributed by atoms with E-state index < -0.39 is 11.9 Å². The van der Waals surface area contributed by atoms with Crippen molar-refractivity contribution in [2.75, 3.05) is 17.6 Å². The lowest BCUT2D eigenvalue weighted by Gasteiger charge is -2.08. The van der Waals surface area contributed by atoms with Gasteiger partial charge in [0.25, 0.3) is 5.91 Å². The average molecular weight is 487 g/mol. The van der Waals surface area contributed by atoms with Gasteiger partial charge in [0.05, 0.1) is 5.02 Å². The van der Waals surface area contributed by atoms with E-state index in [0.717, 1.165) is 10.1 Å². The normalized spacial score (nSPS) is 10.7. The van der Waals surface area contributed by atoms with Gasteiger partial charge in [-0.2, -0.15) is 15.0 Å². The van der Waals surface area contributed by atoms with Crippen LogP contribution in [0.15, 0.2) is 48.5 Å². The number of thiophene rings is 1. The number of amides is 1. The van der Waals surface area contributed by atoms with Crippen molar-refractivity contribution in [1.29, 1.82) is 0 Å². The van der Waals surface area contributed by atoms with Crippen LogP contribution in [0.3, 0.4) is 0 Å². The standard InChI is InChI=1S/C21H16ClFN6O3S/c22-17-13-3-1-2-4-14(13)33-18(17)19(31)25-9-16(30)32-10-15-27-20(24)29-21(28-15)26-12-7-5-11(23)6-8-12/h1-8H,9-10H2,(H,25,31)(H3,24,26,27,28,29). The monoisotopic (exact) mass is 486 g/mol. The molecule has 0 spiro atoms. The van der Waals surface area contributed by atoms with E-state index in [2.05, 4.69) is 25.6 Å². The number of carbonyl (C=O) groups excluding carboxylic acids is 2. The zero-order valence-electron chi connectivity index (χ0n) is 16.8. The largest absolute Gasteiger partial charge is 0.456 e. The zero-order chi connectivity index (χ0) is 23.4. The first-order chi connectivity index (χ1) is 15.9. The maximum Gasteiger partial charge on any atom is 0.325 e. The molecule has 33 heavy (non-hydrogen) atoms. The molecule has 0 saturated heterocycles. The van der Waals surface area contributed by atoms with Crippen LogP contribution < -0.4 is 16.4 Å². The van der Waals surface area contributed by atoms with E-state index >= 15 is 0 Å². The quantitative estimate of drug-likeness (QED) is 0.337. The maximum absolute atomic E-state index is 13.0. The number of nitrogen functional groups attached to an aromatic ring is 1. The first kappa shape index (κ1) is 22.4. The number of nitrogens with two attached hydrogens (primary N) is 1. The van der Waals surface area contributed by atoms with Crippen LogP contribution in [0.5, 0.6) is 0 Å². The predicted molar refractivity (Wildman–Crippen MR) is 123 cm³/mol. The number of nitrogens with one attached hydrogen (secondary N) is 2. The summed E-state index contributed by atoms with van der Waals surface area (Å²) in [6, 6.07) is 12.9. The Bertz CT molecular complexity index is 1330. The number of anilines is 3. The van der Waals surface area contributed by atoms with Gasteiger partial charge in [-0.25, -0.2) is 4.39 Å². The third kappa shape index (κ3) is 5.51. The Morgan fingerprint density at radius 1 is 1.09 bits per heavy atom. The van der Waals surface area contributed by atoms with Crippen LogP contribution in [0.1, 0.15) is 15.5 Å². The van der Waals surface area contributed by atoms with E-state index in [1.54, 1.807) is 0 Å². The second-order valence-electron chi connectivity index (χ2n) is 6.65. The number of esters is 1. The number of rotatable bonds is 7. The number of aromatic nitrogens is 3. The zero-order valence-corrected chi connectivity index (χ0v) is 18.4. The van der Waals surface area contributed by atoms with Crippen LogP contribution in [-0.4, -0.2) is 33.4 Å². The highest BCUT2D eigenvalue weighted by Gasteiger charge is 2.18. The molecule has 168 valence electrons. The summed E-state index contributed by atoms with van der Waals surface area (Å²) in [7, 11) is 0. The van der Waals surface area contributed by atoms with Crippen molar-refractivity contribution in [3.8, 4) is 0 Å². The highest BCUT2D eigenvalue weighted by atomic mass is 35.5. The maximum atomic E-state index is 13.0. The minimum absolute atomic E-state index is 0.0895. The molecule has 0 aliphatic heterocycles. The molecule has 0 fully saturated rings. The summed E-state index contributed by atoms with van der Waals surface area (Å²) in [6.45, 7) is -0.659. The van der Waals surface area contributed by atoms with Crippen molar-refractivity contribution in [2.45, 2.75) is 6.61 Å². The fraction of sp³-hybridized carbons (Fsp3) is 0.0952. The van der Waals surface area contributed by atoms with Crippen LogP contribution in [0, 0.1) is 5.82 Å². The second-order valence-corrected chi connectivity index (χ2v) is 8.08. The molecular formula is C21H16ClFN6O3S. The molecule has 0 unspecified atom stereocenters. The van der Waals surface area contributed by atoms with E-state index in [9.17, 15) is 14.0 Å². The van der Waals surface area contributed by atoms with Crippen molar-refractivity contribution < 1.29 is 18.7 Å². The Morgan fingerprint density at radius 2 is 1.85 bits per heavy atom. The smallest absolute Gasteiger partial charge is 0.325 e. The van der Waals surface area contributed by atoms with Gasteiger partial charge in [-0.15, -0.1) is 11.3 Å². The molecule has 9 nitrogen and oxygen atoms in total. The molecule has 2 aromatic carbocycles. The molecule has 0 atom stereocenters. The number of nitrogens with zero attached hydrogens (tertiary/aromatic N) is 3. The van der Waals surface area contributed by atoms with Crippen LogP contribution >= 0.6 is 22.9 Å². The van der Waals surface area contributed by atoms with Crippen LogP contribution in [0.2, 0.25) is 5.02 Å². The molecule has 0 aliphatic carbocycles. The predicted octanol–water partition coefficient (Wildman–Crippen LogP) is 3.68. The van der Waals surface area contributed by atoms with Gasteiger partial charge in [0.2, 0.25) is 11.9 Å². The lowest BCUT2D eigenvalue weighted by atomic mass is 10.2. The molecule has 2 heterocycles. The number of carbonyl (C=O) groups is 2. The highest BCUT2D eigenvalue weighted by Crippen LogP contribution is 2.34. The van der Waals surface area contributed by atoms with Gasteiger partial charge < -0.3 is 21.1 Å². The van der Waals surface area contributed by atoms with Gasteiger partial charge in [0.15, 0.2) is 12.4 Å². The van der Waals surface area contributed by atoms with Gasteiger partial charge in [0, 0.05) is 15.8 Å². The van der Waals surface area contributed by atoms with Crippen LogP contribution in [-0.2, 0) is 16.1 Å². The summed E-state index contributed by atoms with van der Waals surface area (Å²) in [5.41, 5.74) is 6.22. The summed E-state index contributed by atoms with van der Waals surface area (Å²) in [5.74, 6) is -1.45. The molecule has 1 amide bonds. The Morgan fingerprint density at radius 3 is 2.61 bits per heavy atom. The molecule has 0 bridgehead atoms. The molecule has 0 saturated carbocycles. The van der Waals surface area contributed by atoms with Crippen LogP contribution in [0.4, 0.5) is 22.0 Å². The molecule has 0 radical (unpaired) electrons. The fourth-order valence-electron chi connectivity index (χ4n) is 2.81. The van der Waals surface area contributed by atoms with Crippen molar-refractivity contribution in [2.24, 2.45) is 0 Å². The molecule has 2 aromatic heterocycles. The van der Waals surface area contributed by atoms with Gasteiger partial charge >= 0.3 is 5.97 Å². The van der Waals surface area contributed by atoms with E-state index in [0.29, 0.717) is 15.6 Å². The van der Waals surface area contributed by atoms with E-state index in [1.807, 2.05) is 24.3 Å². The number of benzene rings is 2. The SMILES string of the molecule is Nc1nc(COC(=O)CNC(=O)c2sc3ccccc3c2Cl)nc(Nc2ccc(F)cc2)n1. The van der Waals surface area contributed by atoms with Crippen molar-refractivity contribution in [3.63, 3.8) is 0 Å². The first-order valence-corrected chi connectivity index (χ1v) is 10.7. The minimum atomic E-state index is -0.701. The van der Waals surface area contributed by atoms with Crippen molar-refractivity contribution in [1.82, 2.24) is 20.3 Å². The van der Waals surface area contributed by atoms with Crippen molar-refractivity contribution >= 4 is 62.5 Å². The number of ether oxygens (including phenoxy) is 1. The first-order valence-electron chi connectivity index (χ1n) is 9.53. The third-order valence-electron chi connectivity index (χ3n) is 4.30.